The van der Waals surface area contributed by atoms with Gasteiger partial charge in [0.1, 0.15) is 0 Å². The van der Waals surface area contributed by atoms with Crippen molar-refractivity contribution in [3.05, 3.63) is 35.9 Å². The zero-order chi connectivity index (χ0) is 13.8. The van der Waals surface area contributed by atoms with Crippen molar-refractivity contribution < 1.29 is 0 Å². The molecule has 0 fully saturated rings. The van der Waals surface area contributed by atoms with E-state index < -0.39 is 0 Å². The third-order valence-corrected chi connectivity index (χ3v) is 3.09. The van der Waals surface area contributed by atoms with E-state index in [-0.39, 0.29) is 5.41 Å². The molecule has 0 amide bonds. The fraction of sp³-hybridized carbons (Fsp3) is 0.500. The molecule has 2 aromatic heterocycles. The van der Waals surface area contributed by atoms with Gasteiger partial charge in [0.05, 0.1) is 0 Å². The Kier molecular flexibility index (Phi) is 4.83. The molecule has 1 aliphatic carbocycles. The molecule has 0 atom stereocenters. The van der Waals surface area contributed by atoms with E-state index in [0.29, 0.717) is 0 Å². The minimum Gasteiger partial charge on any atom is -0.264 e. The molecule has 0 aromatic carbocycles. The number of hydrogen-bond acceptors (Lipinski definition) is 2. The molecular formula is C16H24N2. The largest absolute Gasteiger partial charge is 0.264 e. The quantitative estimate of drug-likeness (QED) is 0.681. The first-order valence-corrected chi connectivity index (χ1v) is 6.90. The molecule has 2 heteroatoms. The van der Waals surface area contributed by atoms with Gasteiger partial charge in [0.2, 0.25) is 0 Å². The van der Waals surface area contributed by atoms with Crippen molar-refractivity contribution in [2.45, 2.75) is 53.4 Å². The summed E-state index contributed by atoms with van der Waals surface area (Å²) < 4.78 is 0. The van der Waals surface area contributed by atoms with Crippen LogP contribution >= 0.6 is 0 Å². The lowest BCUT2D eigenvalue weighted by atomic mass is 9.87. The second-order valence-corrected chi connectivity index (χ2v) is 4.60. The molecule has 0 spiro atoms. The molecule has 2 aromatic rings. The molecule has 0 bridgehead atoms. The van der Waals surface area contributed by atoms with Crippen LogP contribution in [-0.4, -0.2) is 9.97 Å². The monoisotopic (exact) mass is 244 g/mol. The molecule has 18 heavy (non-hydrogen) atoms. The van der Waals surface area contributed by atoms with E-state index in [1.165, 1.54) is 22.0 Å². The average Bonchev–Trinajstić information content (AvgIpc) is 2.68. The predicted molar refractivity (Wildman–Crippen MR) is 79.0 cm³/mol. The van der Waals surface area contributed by atoms with E-state index in [2.05, 4.69) is 23.8 Å². The van der Waals surface area contributed by atoms with Crippen LogP contribution in [0.15, 0.2) is 24.7 Å². The zero-order valence-electron chi connectivity index (χ0n) is 12.4. The van der Waals surface area contributed by atoms with Crippen LogP contribution in [0.3, 0.4) is 0 Å². The van der Waals surface area contributed by atoms with Crippen molar-refractivity contribution in [3.63, 3.8) is 0 Å². The van der Waals surface area contributed by atoms with Gasteiger partial charge in [-0.3, -0.25) is 9.97 Å². The Bertz CT molecular complexity index is 510. The van der Waals surface area contributed by atoms with Gasteiger partial charge in [-0.25, -0.2) is 0 Å². The van der Waals surface area contributed by atoms with Crippen LogP contribution in [0.25, 0.3) is 10.8 Å². The lowest BCUT2D eigenvalue weighted by Gasteiger charge is -2.17. The molecule has 2 nitrogen and oxygen atoms in total. The Morgan fingerprint density at radius 3 is 2.39 bits per heavy atom. The maximum absolute atomic E-state index is 4.45. The first kappa shape index (κ1) is 14.6. The summed E-state index contributed by atoms with van der Waals surface area (Å²) in [5.74, 6) is 0. The van der Waals surface area contributed by atoms with E-state index in [1.807, 2.05) is 52.4 Å². The van der Waals surface area contributed by atoms with E-state index in [0.717, 1.165) is 6.42 Å². The number of rotatable bonds is 0. The molecular weight excluding hydrogens is 220 g/mol. The summed E-state index contributed by atoms with van der Waals surface area (Å²) in [4.78, 5) is 8.73. The standard InChI is InChI=1S/C12H12N2.2C2H6/c1-12(2)5-10-11-8(3-4-14-10)6-13-7-9(11)12;2*1-2/h3-4,6-7H,5H2,1-2H3;2*1-2H3. The van der Waals surface area contributed by atoms with Gasteiger partial charge in [0, 0.05) is 35.1 Å². The van der Waals surface area contributed by atoms with Crippen molar-refractivity contribution in [2.75, 3.05) is 0 Å². The van der Waals surface area contributed by atoms with Crippen LogP contribution in [0.2, 0.25) is 0 Å². The van der Waals surface area contributed by atoms with E-state index in [9.17, 15) is 0 Å². The Hall–Kier alpha value is -1.44. The molecule has 98 valence electrons. The van der Waals surface area contributed by atoms with Crippen molar-refractivity contribution in [3.8, 4) is 0 Å². The first-order valence-electron chi connectivity index (χ1n) is 6.90. The van der Waals surface area contributed by atoms with Gasteiger partial charge in [-0.1, -0.05) is 41.5 Å². The minimum atomic E-state index is 0.198. The Morgan fingerprint density at radius 1 is 1.06 bits per heavy atom. The number of aromatic nitrogens is 2. The van der Waals surface area contributed by atoms with E-state index >= 15 is 0 Å². The molecule has 0 aliphatic heterocycles. The van der Waals surface area contributed by atoms with Crippen LogP contribution in [0, 0.1) is 0 Å². The van der Waals surface area contributed by atoms with Crippen LogP contribution in [0.4, 0.5) is 0 Å². The third-order valence-electron chi connectivity index (χ3n) is 3.09. The smallest absolute Gasteiger partial charge is 0.0494 e. The van der Waals surface area contributed by atoms with Gasteiger partial charge in [-0.05, 0) is 23.5 Å². The second-order valence-electron chi connectivity index (χ2n) is 4.60. The van der Waals surface area contributed by atoms with Crippen LogP contribution in [0.5, 0.6) is 0 Å². The molecule has 0 radical (unpaired) electrons. The normalized spacial score (nSPS) is 14.3. The van der Waals surface area contributed by atoms with Gasteiger partial charge >= 0.3 is 0 Å². The fourth-order valence-corrected chi connectivity index (χ4v) is 2.36. The number of pyridine rings is 2. The highest BCUT2D eigenvalue weighted by Gasteiger charge is 2.32. The van der Waals surface area contributed by atoms with Gasteiger partial charge in [0.15, 0.2) is 0 Å². The second kappa shape index (κ2) is 5.94. The van der Waals surface area contributed by atoms with Gasteiger partial charge in [0.25, 0.3) is 0 Å². The predicted octanol–water partition coefficient (Wildman–Crippen LogP) is 4.52. The lowest BCUT2D eigenvalue weighted by Crippen LogP contribution is -2.15. The molecule has 3 rings (SSSR count). The molecule has 0 unspecified atom stereocenters. The maximum Gasteiger partial charge on any atom is 0.0494 e. The van der Waals surface area contributed by atoms with Crippen molar-refractivity contribution in [1.82, 2.24) is 9.97 Å². The molecule has 2 heterocycles. The highest BCUT2D eigenvalue weighted by molar-refractivity contribution is 5.89. The number of nitrogens with zero attached hydrogens (tertiary/aromatic N) is 2. The van der Waals surface area contributed by atoms with E-state index in [1.54, 1.807) is 0 Å². The van der Waals surface area contributed by atoms with Gasteiger partial charge in [-0.2, -0.15) is 0 Å². The third kappa shape index (κ3) is 2.38. The van der Waals surface area contributed by atoms with Crippen LogP contribution in [0.1, 0.15) is 52.8 Å². The summed E-state index contributed by atoms with van der Waals surface area (Å²) >= 11 is 0. The minimum absolute atomic E-state index is 0.198. The molecule has 0 N–H and O–H groups in total. The Labute approximate surface area is 110 Å². The fourth-order valence-electron chi connectivity index (χ4n) is 2.36. The summed E-state index contributed by atoms with van der Waals surface area (Å²) in [5, 5.41) is 2.55. The van der Waals surface area contributed by atoms with E-state index in [4.69, 9.17) is 0 Å². The average molecular weight is 244 g/mol. The Balaban J connectivity index is 0.000000371. The van der Waals surface area contributed by atoms with Crippen molar-refractivity contribution >= 4 is 10.8 Å². The van der Waals surface area contributed by atoms with Gasteiger partial charge in [-0.15, -0.1) is 0 Å². The maximum atomic E-state index is 4.45. The SMILES string of the molecule is CC.CC.CC1(C)Cc2nccc3cncc1c23. The lowest BCUT2D eigenvalue weighted by molar-refractivity contribution is 0.539. The topological polar surface area (TPSA) is 25.8 Å². The summed E-state index contributed by atoms with van der Waals surface area (Å²) in [6.45, 7) is 12.5. The highest BCUT2D eigenvalue weighted by Crippen LogP contribution is 2.40. The first-order chi connectivity index (χ1) is 8.68. The summed E-state index contributed by atoms with van der Waals surface area (Å²) in [6.07, 6.45) is 6.82. The molecule has 1 aliphatic rings. The summed E-state index contributed by atoms with van der Waals surface area (Å²) in [5.41, 5.74) is 2.77. The van der Waals surface area contributed by atoms with Crippen LogP contribution in [-0.2, 0) is 11.8 Å². The molecule has 0 saturated heterocycles. The highest BCUT2D eigenvalue weighted by atomic mass is 14.7. The van der Waals surface area contributed by atoms with Gasteiger partial charge < -0.3 is 0 Å². The summed E-state index contributed by atoms with van der Waals surface area (Å²) in [7, 11) is 0. The van der Waals surface area contributed by atoms with Crippen LogP contribution < -0.4 is 0 Å². The summed E-state index contributed by atoms with van der Waals surface area (Å²) in [6, 6.07) is 2.04. The van der Waals surface area contributed by atoms with Crippen molar-refractivity contribution in [1.29, 1.82) is 0 Å². The number of hydrogen-bond donors (Lipinski definition) is 0. The molecule has 0 saturated carbocycles. The zero-order valence-corrected chi connectivity index (χ0v) is 12.4. The Morgan fingerprint density at radius 2 is 1.72 bits per heavy atom. The van der Waals surface area contributed by atoms with Crippen molar-refractivity contribution in [2.24, 2.45) is 0 Å².